The third-order valence-corrected chi connectivity index (χ3v) is 3.15. The molecule has 2 aromatic carbocycles. The molecule has 1 N–H and O–H groups in total. The number of aryl methyl sites for hydroxylation is 1. The highest BCUT2D eigenvalue weighted by molar-refractivity contribution is 6.32. The van der Waals surface area contributed by atoms with Gasteiger partial charge in [0, 0.05) is 0 Å². The first-order valence-corrected chi connectivity index (χ1v) is 6.27. The molecule has 1 atom stereocenters. The fraction of sp³-hybridized carbons (Fsp3) is 0.133. The minimum atomic E-state index is -0.846. The van der Waals surface area contributed by atoms with Crippen molar-refractivity contribution in [3.8, 4) is 0 Å². The maximum absolute atomic E-state index is 13.5. The Labute approximate surface area is 116 Å². The highest BCUT2D eigenvalue weighted by atomic mass is 35.5. The minimum absolute atomic E-state index is 0.145. The lowest BCUT2D eigenvalue weighted by Gasteiger charge is -2.11. The molecular formula is C15H13ClFNO. The number of hydrogen-bond donors (Lipinski definition) is 1. The first kappa shape index (κ1) is 13.6. The van der Waals surface area contributed by atoms with Crippen LogP contribution in [0.25, 0.3) is 0 Å². The van der Waals surface area contributed by atoms with Gasteiger partial charge >= 0.3 is 0 Å². The molecule has 0 spiro atoms. The molecule has 0 aliphatic carbocycles. The second-order valence-electron chi connectivity index (χ2n) is 4.25. The first-order valence-electron chi connectivity index (χ1n) is 5.84. The lowest BCUT2D eigenvalue weighted by Crippen LogP contribution is -2.18. The van der Waals surface area contributed by atoms with E-state index >= 15 is 0 Å². The number of halogens is 2. The van der Waals surface area contributed by atoms with Gasteiger partial charge in [0.15, 0.2) is 0 Å². The molecule has 4 heteroatoms. The maximum atomic E-state index is 13.5. The maximum Gasteiger partial charge on any atom is 0.247 e. The molecule has 2 aromatic rings. The van der Waals surface area contributed by atoms with Crippen LogP contribution in [-0.2, 0) is 4.79 Å². The number of carbonyl (C=O) groups is 1. The summed E-state index contributed by atoms with van der Waals surface area (Å²) in [5, 5.41) is 1.66. The molecule has 0 fully saturated rings. The van der Waals surface area contributed by atoms with Gasteiger partial charge in [-0.1, -0.05) is 36.4 Å². The molecule has 19 heavy (non-hydrogen) atoms. The molecule has 0 aromatic heterocycles. The zero-order valence-corrected chi connectivity index (χ0v) is 11.1. The Morgan fingerprint density at radius 2 is 1.89 bits per heavy atom. The van der Waals surface area contributed by atoms with Gasteiger partial charge in [-0.05, 0) is 30.2 Å². The first-order chi connectivity index (χ1) is 9.08. The van der Waals surface area contributed by atoms with Crippen LogP contribution in [-0.4, -0.2) is 5.91 Å². The molecule has 0 bridgehead atoms. The topological polar surface area (TPSA) is 29.1 Å². The average Bonchev–Trinajstić information content (AvgIpc) is 2.43. The van der Waals surface area contributed by atoms with Gasteiger partial charge < -0.3 is 5.32 Å². The van der Waals surface area contributed by atoms with Gasteiger partial charge in [-0.25, -0.2) is 4.39 Å². The van der Waals surface area contributed by atoms with Crippen molar-refractivity contribution in [1.29, 1.82) is 0 Å². The van der Waals surface area contributed by atoms with E-state index in [4.69, 9.17) is 11.6 Å². The number of anilines is 1. The van der Waals surface area contributed by atoms with Gasteiger partial charge in [0.1, 0.15) is 11.2 Å². The molecule has 98 valence electrons. The van der Waals surface area contributed by atoms with Crippen molar-refractivity contribution in [1.82, 2.24) is 0 Å². The van der Waals surface area contributed by atoms with Gasteiger partial charge in [0.25, 0.3) is 0 Å². The molecule has 2 nitrogen and oxygen atoms in total. The number of carbonyl (C=O) groups excluding carboxylic acids is 1. The van der Waals surface area contributed by atoms with E-state index in [2.05, 4.69) is 5.32 Å². The van der Waals surface area contributed by atoms with E-state index in [0.717, 1.165) is 5.56 Å². The third-order valence-electron chi connectivity index (χ3n) is 2.70. The zero-order chi connectivity index (χ0) is 13.8. The molecule has 0 saturated carbocycles. The van der Waals surface area contributed by atoms with E-state index in [1.54, 1.807) is 36.4 Å². The van der Waals surface area contributed by atoms with E-state index in [1.165, 1.54) is 6.07 Å². The fourth-order valence-corrected chi connectivity index (χ4v) is 1.90. The van der Waals surface area contributed by atoms with Crippen LogP contribution in [0.1, 0.15) is 16.5 Å². The van der Waals surface area contributed by atoms with Crippen LogP contribution >= 0.6 is 11.6 Å². The predicted molar refractivity (Wildman–Crippen MR) is 74.8 cm³/mol. The number of alkyl halides is 1. The van der Waals surface area contributed by atoms with E-state index in [-0.39, 0.29) is 5.69 Å². The normalized spacial score (nSPS) is 11.9. The number of rotatable bonds is 3. The predicted octanol–water partition coefficient (Wildman–Crippen LogP) is 4.05. The summed E-state index contributed by atoms with van der Waals surface area (Å²) in [6.07, 6.45) is 0. The third kappa shape index (κ3) is 3.32. The van der Waals surface area contributed by atoms with Crippen LogP contribution in [0.3, 0.4) is 0 Å². The standard InChI is InChI=1S/C15H13ClFNO/c1-10-7-8-12(17)13(9-10)18-15(19)14(16)11-5-3-2-4-6-11/h2-9,14H,1H3,(H,18,19). The van der Waals surface area contributed by atoms with Crippen LogP contribution in [0, 0.1) is 12.7 Å². The van der Waals surface area contributed by atoms with Crippen molar-refractivity contribution in [3.63, 3.8) is 0 Å². The van der Waals surface area contributed by atoms with Crippen molar-refractivity contribution in [2.45, 2.75) is 12.3 Å². The van der Waals surface area contributed by atoms with E-state index in [1.807, 2.05) is 13.0 Å². The zero-order valence-electron chi connectivity index (χ0n) is 10.4. The largest absolute Gasteiger partial charge is 0.322 e. The van der Waals surface area contributed by atoms with Gasteiger partial charge in [0.05, 0.1) is 5.69 Å². The average molecular weight is 278 g/mol. The molecule has 1 amide bonds. The Balaban J connectivity index is 2.15. The number of hydrogen-bond acceptors (Lipinski definition) is 1. The summed E-state index contributed by atoms with van der Waals surface area (Å²) in [6, 6.07) is 13.5. The molecule has 2 rings (SSSR count). The number of nitrogens with one attached hydrogen (secondary N) is 1. The summed E-state index contributed by atoms with van der Waals surface area (Å²) < 4.78 is 13.5. The van der Waals surface area contributed by atoms with Crippen molar-refractivity contribution in [2.24, 2.45) is 0 Å². The van der Waals surface area contributed by atoms with Gasteiger partial charge in [-0.15, -0.1) is 11.6 Å². The second-order valence-corrected chi connectivity index (χ2v) is 4.68. The molecule has 0 aliphatic rings. The molecule has 0 heterocycles. The van der Waals surface area contributed by atoms with E-state index in [0.29, 0.717) is 5.56 Å². The lowest BCUT2D eigenvalue weighted by atomic mass is 10.1. The Kier molecular flexibility index (Phi) is 4.17. The van der Waals surface area contributed by atoms with Crippen LogP contribution in [0.2, 0.25) is 0 Å². The minimum Gasteiger partial charge on any atom is -0.322 e. The summed E-state index contributed by atoms with van der Waals surface area (Å²) in [4.78, 5) is 12.0. The molecule has 0 radical (unpaired) electrons. The van der Waals surface area contributed by atoms with Crippen LogP contribution < -0.4 is 5.32 Å². The van der Waals surface area contributed by atoms with Crippen LogP contribution in [0.5, 0.6) is 0 Å². The molecule has 0 aliphatic heterocycles. The van der Waals surface area contributed by atoms with Crippen molar-refractivity contribution >= 4 is 23.2 Å². The number of benzene rings is 2. The Morgan fingerprint density at radius 3 is 2.58 bits per heavy atom. The van der Waals surface area contributed by atoms with Gasteiger partial charge in [0.2, 0.25) is 5.91 Å². The van der Waals surface area contributed by atoms with Gasteiger partial charge in [-0.3, -0.25) is 4.79 Å². The fourth-order valence-electron chi connectivity index (χ4n) is 1.70. The second kappa shape index (κ2) is 5.85. The van der Waals surface area contributed by atoms with E-state index < -0.39 is 17.1 Å². The monoisotopic (exact) mass is 277 g/mol. The summed E-state index contributed by atoms with van der Waals surface area (Å²) in [7, 11) is 0. The highest BCUT2D eigenvalue weighted by Gasteiger charge is 2.18. The van der Waals surface area contributed by atoms with Crippen molar-refractivity contribution in [3.05, 3.63) is 65.5 Å². The highest BCUT2D eigenvalue weighted by Crippen LogP contribution is 2.23. The Hall–Kier alpha value is -1.87. The summed E-state index contributed by atoms with van der Waals surface area (Å²) in [5.74, 6) is -0.923. The Bertz CT molecular complexity index is 586. The van der Waals surface area contributed by atoms with Gasteiger partial charge in [-0.2, -0.15) is 0 Å². The lowest BCUT2D eigenvalue weighted by molar-refractivity contribution is -0.116. The van der Waals surface area contributed by atoms with Crippen LogP contribution in [0.4, 0.5) is 10.1 Å². The van der Waals surface area contributed by atoms with Crippen molar-refractivity contribution < 1.29 is 9.18 Å². The van der Waals surface area contributed by atoms with E-state index in [9.17, 15) is 9.18 Å². The van der Waals surface area contributed by atoms with Crippen LogP contribution in [0.15, 0.2) is 48.5 Å². The smallest absolute Gasteiger partial charge is 0.247 e. The summed E-state index contributed by atoms with van der Waals surface area (Å²) in [6.45, 7) is 1.82. The molecule has 0 saturated heterocycles. The molecule has 1 unspecified atom stereocenters. The van der Waals surface area contributed by atoms with Crippen molar-refractivity contribution in [2.75, 3.05) is 5.32 Å². The Morgan fingerprint density at radius 1 is 1.21 bits per heavy atom. The summed E-state index contributed by atoms with van der Waals surface area (Å²) >= 11 is 6.06. The molecular weight excluding hydrogens is 265 g/mol. The summed E-state index contributed by atoms with van der Waals surface area (Å²) in [5.41, 5.74) is 1.68. The number of amides is 1. The SMILES string of the molecule is Cc1ccc(F)c(NC(=O)C(Cl)c2ccccc2)c1. The quantitative estimate of drug-likeness (QED) is 0.843.